The van der Waals surface area contributed by atoms with Crippen LogP contribution in [0.5, 0.6) is 0 Å². The van der Waals surface area contributed by atoms with Gasteiger partial charge >= 0.3 is 24.2 Å². The molecule has 9 aliphatic rings. The molecular weight excluding hydrogens is 1560 g/mol. The number of hydrogen-bond donors (Lipinski definition) is 8. The van der Waals surface area contributed by atoms with Gasteiger partial charge in [-0.3, -0.25) is 98.5 Å². The van der Waals surface area contributed by atoms with Gasteiger partial charge in [-0.1, -0.05) is 97.1 Å². The first-order valence-electron chi connectivity index (χ1n) is 38.7. The van der Waals surface area contributed by atoms with Crippen molar-refractivity contribution in [1.82, 2.24) is 71.1 Å². The molecule has 0 saturated carbocycles. The van der Waals surface area contributed by atoms with Crippen molar-refractivity contribution in [3.05, 3.63) is 178 Å². The number of hydrogen-bond acceptors (Lipinski definition) is 26. The number of alkyl carbamates (subject to hydrolysis) is 1. The first-order chi connectivity index (χ1) is 57.4. The van der Waals surface area contributed by atoms with E-state index in [4.69, 9.17) is 20.9 Å². The molecule has 39 nitrogen and oxygen atoms in total. The Morgan fingerprint density at radius 1 is 0.458 bits per heavy atom. The molecule has 0 spiro atoms. The van der Waals surface area contributed by atoms with Crippen LogP contribution in [0.1, 0.15) is 166 Å². The Morgan fingerprint density at radius 2 is 0.842 bits per heavy atom. The highest BCUT2D eigenvalue weighted by Crippen LogP contribution is 2.33. The summed E-state index contributed by atoms with van der Waals surface area (Å²) in [5.74, 6) is 1.08. The first-order valence-corrected chi connectivity index (χ1v) is 38.7. The lowest BCUT2D eigenvalue weighted by Gasteiger charge is -2.44. The molecule has 0 aliphatic carbocycles. The molecule has 8 atom stereocenters. The van der Waals surface area contributed by atoms with Crippen molar-refractivity contribution >= 4 is 112 Å². The summed E-state index contributed by atoms with van der Waals surface area (Å²) >= 11 is 0. The number of nitrogens with one attached hydrogen (secondary N) is 4. The Labute approximate surface area is 689 Å². The van der Waals surface area contributed by atoms with Gasteiger partial charge in [-0.15, -0.1) is 0 Å². The van der Waals surface area contributed by atoms with Crippen molar-refractivity contribution in [2.75, 3.05) is 52.4 Å². The molecule has 5 aromatic rings. The number of benzene rings is 5. The maximum absolute atomic E-state index is 14.4. The quantitative estimate of drug-likeness (QED) is 0.0397. The van der Waals surface area contributed by atoms with Gasteiger partial charge in [0.25, 0.3) is 59.1 Å². The molecule has 0 radical (unpaired) electrons. The first kappa shape index (κ1) is 90.5. The molecule has 120 heavy (non-hydrogen) atoms. The Bertz CT molecular complexity index is 4690. The summed E-state index contributed by atoms with van der Waals surface area (Å²) in [7, 11) is 0. The maximum atomic E-state index is 14.4. The van der Waals surface area contributed by atoms with Crippen LogP contribution in [0, 0.1) is 0 Å². The molecule has 5 aromatic carbocycles. The van der Waals surface area contributed by atoms with Crippen LogP contribution in [0.3, 0.4) is 0 Å². The van der Waals surface area contributed by atoms with E-state index in [-0.39, 0.29) is 121 Å². The van der Waals surface area contributed by atoms with Gasteiger partial charge in [0.1, 0.15) is 67.3 Å². The molecule has 39 heteroatoms. The van der Waals surface area contributed by atoms with E-state index in [2.05, 4.69) is 33.1 Å². The Balaban J connectivity index is 0.000000188. The molecule has 636 valence electrons. The third kappa shape index (κ3) is 20.2. The molecule has 0 aromatic heterocycles. The monoisotopic (exact) mass is 1660 g/mol. The van der Waals surface area contributed by atoms with E-state index in [1.165, 1.54) is 85.8 Å². The molecule has 6 saturated heterocycles. The average molecular weight is 1660 g/mol. The van der Waals surface area contributed by atoms with Crippen molar-refractivity contribution in [1.29, 1.82) is 0 Å². The maximum Gasteiger partial charge on any atom is 0.429 e. The summed E-state index contributed by atoms with van der Waals surface area (Å²) in [5, 5.41) is 15.7. The molecule has 9 aliphatic heterocycles. The second-order valence-electron chi connectivity index (χ2n) is 28.8. The second-order valence-corrected chi connectivity index (χ2v) is 28.8. The summed E-state index contributed by atoms with van der Waals surface area (Å²) < 4.78 is 10.8. The molecule has 12 N–H and O–H groups in total. The molecule has 0 bridgehead atoms. The number of carbonyl (C=O) groups is 19. The SMILES string of the molecule is CC(=O)[C@@H]1CCCN(C(=O)OCc2ccccc2)N1C(=O)[C@H](CNC(=O)OCc1ccccc1)N1C(=O)c2ccccc2C1=O.CC(=O)[C@@H]1CCCN2C(=O)NCC(N)C(=O)N12.CC(=O)[C@@H]1CCCN2C(=O)NCC(N3C(=O)c4ccccc4C3=O)C(=O)N12.CC(=O)[C@@H]1CCCNN1C(=O)[C@H](CN)N1C(=O)c2ccccc2C1=O.CC(C)=O.NN. The fourth-order valence-corrected chi connectivity index (χ4v) is 14.8. The number of fused-ring (bicyclic) bond motifs is 5. The number of ether oxygens (including phenoxy) is 2. The van der Waals surface area contributed by atoms with Gasteiger partial charge in [-0.25, -0.2) is 54.7 Å². The minimum absolute atomic E-state index is 0.0462. The minimum atomic E-state index is -1.62. The van der Waals surface area contributed by atoms with Gasteiger partial charge in [0.15, 0.2) is 23.1 Å². The van der Waals surface area contributed by atoms with Crippen molar-refractivity contribution in [3.8, 4) is 0 Å². The van der Waals surface area contributed by atoms with Crippen LogP contribution in [0.4, 0.5) is 19.2 Å². The number of nitrogens with zero attached hydrogens (tertiary/aromatic N) is 10. The Hall–Kier alpha value is -13.4. The topological polar surface area (TPSA) is 527 Å². The lowest BCUT2D eigenvalue weighted by molar-refractivity contribution is -0.165. The van der Waals surface area contributed by atoms with Crippen molar-refractivity contribution in [2.24, 2.45) is 23.2 Å². The van der Waals surface area contributed by atoms with Gasteiger partial charge < -0.3 is 41.7 Å². The van der Waals surface area contributed by atoms with E-state index in [1.807, 2.05) is 12.1 Å². The van der Waals surface area contributed by atoms with Crippen molar-refractivity contribution in [2.45, 2.75) is 154 Å². The van der Waals surface area contributed by atoms with Crippen LogP contribution < -0.4 is 44.5 Å². The fraction of sp³-hybridized carbons (Fsp3) is 0.395. The summed E-state index contributed by atoms with van der Waals surface area (Å²) in [4.78, 5) is 241. The highest BCUT2D eigenvalue weighted by molar-refractivity contribution is 6.25. The van der Waals surface area contributed by atoms with Crippen LogP contribution in [0.25, 0.3) is 0 Å². The summed E-state index contributed by atoms with van der Waals surface area (Å²) in [6.07, 6.45) is 2.46. The largest absolute Gasteiger partial charge is 0.445 e. The van der Waals surface area contributed by atoms with E-state index >= 15 is 0 Å². The van der Waals surface area contributed by atoms with Crippen LogP contribution in [0.15, 0.2) is 133 Å². The zero-order valence-corrected chi connectivity index (χ0v) is 66.9. The average Bonchev–Trinajstić information content (AvgIpc) is 1.69. The zero-order valence-electron chi connectivity index (χ0n) is 66.9. The smallest absolute Gasteiger partial charge is 0.429 e. The number of carbonyl (C=O) groups excluding carboxylic acids is 19. The lowest BCUT2D eigenvalue weighted by atomic mass is 10.0. The van der Waals surface area contributed by atoms with Gasteiger partial charge in [0, 0.05) is 45.8 Å². The highest BCUT2D eigenvalue weighted by Gasteiger charge is 2.53. The molecule has 16 amide bonds. The van der Waals surface area contributed by atoms with Gasteiger partial charge in [-0.2, -0.15) is 0 Å². The summed E-state index contributed by atoms with van der Waals surface area (Å²) in [6.45, 7) is 8.88. The Morgan fingerprint density at radius 3 is 1.28 bits per heavy atom. The molecule has 14 rings (SSSR count). The number of ketones is 5. The highest BCUT2D eigenvalue weighted by atomic mass is 16.6. The molecule has 9 heterocycles. The summed E-state index contributed by atoms with van der Waals surface area (Å²) in [6, 6.07) is 28.0. The van der Waals surface area contributed by atoms with Gasteiger partial charge in [0.2, 0.25) is 0 Å². The van der Waals surface area contributed by atoms with Crippen LogP contribution in [-0.4, -0.2) is 263 Å². The standard InChI is InChI=1S/C33H32N4O8.C18H18N4O5.C17H20N4O4.C10H16N4O3.C3H6O.H4N2/c1-22(38)27-17-10-18-35(33(43)45-21-24-13-6-3-7-14-24)37(27)31(41)28(19-34-32(42)44-20-23-11-4-2-5-12-23)36-29(39)25-15-8-9-16-26(25)30(36)40;1-10(23)13-7-4-8-20-18(27)19-9-14(17(26)22(13)20)21-15(24)11-5-2-3-6-12(11)16(21)25;1-10(22)13-7-4-8-19-21(13)17(25)14(9-18)20-15(23)11-5-2-3-6-12(11)16(20)24;1-6(15)8-3-2-4-13-10(17)12-5-7(11)9(16)14(8)13;1-3(2)4;1-2/h2-9,11-16,27-28H,10,17-21H2,1H3,(H,34,42);2-3,5-6,13-14H,4,7-9H2,1H3,(H,19,27);2-3,5-6,13-14,19H,4,7-9,18H2,1H3;7-8H,2-5,11H2,1H3,(H,12,17);1-2H3;1-2H2/t27-,28-;13-,14?;13-,14-;7?,8-;;/m0000../s1. The number of Topliss-reactive ketones (excluding diaryl/α,β-unsaturated/α-hetero) is 5. The van der Waals surface area contributed by atoms with E-state index < -0.39 is 132 Å². The van der Waals surface area contributed by atoms with Gasteiger partial charge in [0.05, 0.1) is 39.9 Å². The third-order valence-corrected chi connectivity index (χ3v) is 20.5. The van der Waals surface area contributed by atoms with E-state index in [0.717, 1.165) is 41.7 Å². The van der Waals surface area contributed by atoms with Crippen LogP contribution in [0.2, 0.25) is 0 Å². The lowest BCUT2D eigenvalue weighted by Crippen LogP contribution is -2.65. The molecule has 6 fully saturated rings. The normalized spacial score (nSPS) is 20.8. The number of rotatable bonds is 16. The number of amides is 16. The second kappa shape index (κ2) is 41.2. The molecule has 2 unspecified atom stereocenters. The van der Waals surface area contributed by atoms with Crippen LogP contribution in [-0.2, 0) is 65.8 Å². The summed E-state index contributed by atoms with van der Waals surface area (Å²) in [5.41, 5.74) is 16.9. The number of imide groups is 3. The predicted octanol–water partition coefficient (Wildman–Crippen LogP) is 1.83. The van der Waals surface area contributed by atoms with Crippen molar-refractivity contribution < 1.29 is 101 Å². The zero-order chi connectivity index (χ0) is 87.5. The third-order valence-electron chi connectivity index (χ3n) is 20.5. The van der Waals surface area contributed by atoms with E-state index in [1.54, 1.807) is 97.1 Å². The number of hydrazine groups is 5. The Kier molecular flexibility index (Phi) is 31.1. The predicted molar refractivity (Wildman–Crippen MR) is 422 cm³/mol. The number of urea groups is 2. The molecular formula is C81H96N18O21. The van der Waals surface area contributed by atoms with Crippen LogP contribution >= 0.6 is 0 Å². The van der Waals surface area contributed by atoms with Crippen molar-refractivity contribution in [3.63, 3.8) is 0 Å². The van der Waals surface area contributed by atoms with Gasteiger partial charge in [-0.05, 0) is 140 Å². The van der Waals surface area contributed by atoms with E-state index in [0.29, 0.717) is 57.2 Å². The minimum Gasteiger partial charge on any atom is -0.445 e. The number of nitrogens with two attached hydrogens (primary N) is 4. The fourth-order valence-electron chi connectivity index (χ4n) is 14.8. The van der Waals surface area contributed by atoms with E-state index in [9.17, 15) is 91.1 Å².